The molecule has 0 saturated heterocycles. The maximum absolute atomic E-state index is 12.6. The van der Waals surface area contributed by atoms with Crippen LogP contribution in [-0.2, 0) is 17.7 Å². The fourth-order valence-corrected chi connectivity index (χ4v) is 2.52. The van der Waals surface area contributed by atoms with Crippen LogP contribution in [0.15, 0.2) is 27.1 Å². The van der Waals surface area contributed by atoms with Crippen molar-refractivity contribution >= 4 is 16.9 Å². The Bertz CT molecular complexity index is 858. The topological polar surface area (TPSA) is 81.6 Å². The SMILES string of the molecule is COCCc1noc(CN(C)C(=O)c2cc3cc(C)c(C)cc3o2)n1. The molecule has 3 rings (SSSR count). The van der Waals surface area contributed by atoms with E-state index >= 15 is 0 Å². The first-order valence-electron chi connectivity index (χ1n) is 8.04. The lowest BCUT2D eigenvalue weighted by Crippen LogP contribution is -2.25. The zero-order chi connectivity index (χ0) is 18.0. The summed E-state index contributed by atoms with van der Waals surface area (Å²) >= 11 is 0. The Morgan fingerprint density at radius 3 is 2.76 bits per heavy atom. The van der Waals surface area contributed by atoms with E-state index in [2.05, 4.69) is 10.1 Å². The van der Waals surface area contributed by atoms with E-state index in [1.807, 2.05) is 26.0 Å². The number of rotatable bonds is 6. The number of aromatic nitrogens is 2. The third kappa shape index (κ3) is 3.71. The maximum atomic E-state index is 12.6. The molecule has 1 amide bonds. The number of aryl methyl sites for hydroxylation is 2. The molecule has 0 aliphatic carbocycles. The Morgan fingerprint density at radius 2 is 2.00 bits per heavy atom. The van der Waals surface area contributed by atoms with Gasteiger partial charge in [0.25, 0.3) is 5.91 Å². The number of hydrogen-bond acceptors (Lipinski definition) is 6. The highest BCUT2D eigenvalue weighted by Crippen LogP contribution is 2.24. The van der Waals surface area contributed by atoms with Crippen LogP contribution >= 0.6 is 0 Å². The Morgan fingerprint density at radius 1 is 1.24 bits per heavy atom. The summed E-state index contributed by atoms with van der Waals surface area (Å²) in [6.07, 6.45) is 0.569. The molecule has 0 N–H and O–H groups in total. The van der Waals surface area contributed by atoms with Gasteiger partial charge in [-0.15, -0.1) is 0 Å². The molecule has 0 spiro atoms. The molecule has 2 aromatic heterocycles. The third-order valence-corrected chi connectivity index (χ3v) is 4.10. The van der Waals surface area contributed by atoms with E-state index in [0.29, 0.717) is 36.1 Å². The summed E-state index contributed by atoms with van der Waals surface area (Å²) < 4.78 is 15.9. The molecule has 2 heterocycles. The summed E-state index contributed by atoms with van der Waals surface area (Å²) in [5.41, 5.74) is 3.00. The predicted octanol–water partition coefficient (Wildman–Crippen LogP) is 2.89. The normalized spacial score (nSPS) is 11.2. The van der Waals surface area contributed by atoms with Crippen LogP contribution in [0.5, 0.6) is 0 Å². The van der Waals surface area contributed by atoms with Gasteiger partial charge < -0.3 is 18.6 Å². The minimum atomic E-state index is -0.233. The van der Waals surface area contributed by atoms with E-state index in [-0.39, 0.29) is 12.5 Å². The van der Waals surface area contributed by atoms with Crippen molar-refractivity contribution in [2.75, 3.05) is 20.8 Å². The van der Waals surface area contributed by atoms with Crippen LogP contribution < -0.4 is 0 Å². The van der Waals surface area contributed by atoms with Gasteiger partial charge in [-0.3, -0.25) is 4.79 Å². The summed E-state index contributed by atoms with van der Waals surface area (Å²) in [5, 5.41) is 4.78. The largest absolute Gasteiger partial charge is 0.451 e. The van der Waals surface area contributed by atoms with Crippen molar-refractivity contribution in [2.24, 2.45) is 0 Å². The number of amides is 1. The number of benzene rings is 1. The van der Waals surface area contributed by atoms with Gasteiger partial charge in [0, 0.05) is 26.0 Å². The molecular formula is C18H21N3O4. The van der Waals surface area contributed by atoms with Crippen molar-refractivity contribution in [3.05, 3.63) is 46.8 Å². The Hall–Kier alpha value is -2.67. The van der Waals surface area contributed by atoms with Crippen molar-refractivity contribution in [1.82, 2.24) is 15.0 Å². The second kappa shape index (κ2) is 7.06. The van der Waals surface area contributed by atoms with Gasteiger partial charge in [0.15, 0.2) is 11.6 Å². The molecule has 3 aromatic rings. The van der Waals surface area contributed by atoms with Crippen LogP contribution in [0.2, 0.25) is 0 Å². The molecule has 0 aliphatic rings. The molecule has 0 atom stereocenters. The second-order valence-electron chi connectivity index (χ2n) is 6.09. The molecule has 7 heteroatoms. The number of ether oxygens (including phenoxy) is 1. The fourth-order valence-electron chi connectivity index (χ4n) is 2.52. The van der Waals surface area contributed by atoms with Gasteiger partial charge in [0.2, 0.25) is 5.89 Å². The van der Waals surface area contributed by atoms with Gasteiger partial charge in [0.1, 0.15) is 12.1 Å². The summed E-state index contributed by atoms with van der Waals surface area (Å²) in [5.74, 6) is 1.00. The monoisotopic (exact) mass is 343 g/mol. The molecule has 0 bridgehead atoms. The van der Waals surface area contributed by atoms with Crippen LogP contribution in [0, 0.1) is 13.8 Å². The lowest BCUT2D eigenvalue weighted by molar-refractivity contribution is 0.0740. The van der Waals surface area contributed by atoms with E-state index in [1.165, 1.54) is 4.90 Å². The van der Waals surface area contributed by atoms with Crippen LogP contribution in [0.4, 0.5) is 0 Å². The highest BCUT2D eigenvalue weighted by atomic mass is 16.5. The summed E-state index contributed by atoms with van der Waals surface area (Å²) in [6, 6.07) is 5.73. The van der Waals surface area contributed by atoms with Crippen LogP contribution in [0.1, 0.15) is 33.4 Å². The first-order valence-corrected chi connectivity index (χ1v) is 8.04. The minimum absolute atomic E-state index is 0.216. The third-order valence-electron chi connectivity index (χ3n) is 4.10. The molecule has 132 valence electrons. The van der Waals surface area contributed by atoms with E-state index in [4.69, 9.17) is 13.7 Å². The summed E-state index contributed by atoms with van der Waals surface area (Å²) in [4.78, 5) is 18.3. The van der Waals surface area contributed by atoms with Gasteiger partial charge in [-0.05, 0) is 43.2 Å². The number of nitrogens with zero attached hydrogens (tertiary/aromatic N) is 3. The number of furan rings is 1. The van der Waals surface area contributed by atoms with E-state index < -0.39 is 0 Å². The quantitative estimate of drug-likeness (QED) is 0.684. The van der Waals surface area contributed by atoms with Gasteiger partial charge in [-0.1, -0.05) is 5.16 Å². The number of hydrogen-bond donors (Lipinski definition) is 0. The van der Waals surface area contributed by atoms with E-state index in [0.717, 1.165) is 16.5 Å². The van der Waals surface area contributed by atoms with Crippen LogP contribution in [0.3, 0.4) is 0 Å². The maximum Gasteiger partial charge on any atom is 0.289 e. The Labute approximate surface area is 145 Å². The standard InChI is InChI=1S/C18H21N3O4/c1-11-7-13-9-15(24-14(13)8-12(11)2)18(22)21(3)10-17-19-16(20-25-17)5-6-23-4/h7-9H,5-6,10H2,1-4H3. The number of methoxy groups -OCH3 is 1. The molecule has 0 aliphatic heterocycles. The van der Waals surface area contributed by atoms with E-state index in [9.17, 15) is 4.79 Å². The highest BCUT2D eigenvalue weighted by Gasteiger charge is 2.19. The molecule has 7 nitrogen and oxygen atoms in total. The van der Waals surface area contributed by atoms with Crippen LogP contribution in [0.25, 0.3) is 11.0 Å². The molecule has 1 aromatic carbocycles. The molecule has 0 saturated carbocycles. The van der Waals surface area contributed by atoms with Gasteiger partial charge in [-0.25, -0.2) is 0 Å². The Balaban J connectivity index is 1.72. The van der Waals surface area contributed by atoms with Gasteiger partial charge in [0.05, 0.1) is 6.61 Å². The van der Waals surface area contributed by atoms with Gasteiger partial charge in [-0.2, -0.15) is 4.98 Å². The summed E-state index contributed by atoms with van der Waals surface area (Å²) in [6.45, 7) is 4.78. The minimum Gasteiger partial charge on any atom is -0.451 e. The average molecular weight is 343 g/mol. The fraction of sp³-hybridized carbons (Fsp3) is 0.389. The number of carbonyl (C=O) groups excluding carboxylic acids is 1. The molecule has 0 unspecified atom stereocenters. The second-order valence-corrected chi connectivity index (χ2v) is 6.09. The van der Waals surface area contributed by atoms with Crippen molar-refractivity contribution < 1.29 is 18.5 Å². The van der Waals surface area contributed by atoms with Crippen molar-refractivity contribution in [3.63, 3.8) is 0 Å². The Kier molecular flexibility index (Phi) is 4.85. The predicted molar refractivity (Wildman–Crippen MR) is 91.4 cm³/mol. The zero-order valence-corrected chi connectivity index (χ0v) is 14.8. The van der Waals surface area contributed by atoms with Crippen LogP contribution in [-0.4, -0.2) is 41.7 Å². The zero-order valence-electron chi connectivity index (χ0n) is 14.8. The molecule has 0 radical (unpaired) electrons. The first kappa shape index (κ1) is 17.2. The summed E-state index contributed by atoms with van der Waals surface area (Å²) in [7, 11) is 3.29. The average Bonchev–Trinajstić information content (AvgIpc) is 3.19. The molecule has 0 fully saturated rings. The van der Waals surface area contributed by atoms with Crippen molar-refractivity contribution in [2.45, 2.75) is 26.8 Å². The highest BCUT2D eigenvalue weighted by molar-refractivity contribution is 5.96. The lowest BCUT2D eigenvalue weighted by Gasteiger charge is -2.12. The number of fused-ring (bicyclic) bond motifs is 1. The van der Waals surface area contributed by atoms with Crippen molar-refractivity contribution in [3.8, 4) is 0 Å². The number of carbonyl (C=O) groups is 1. The van der Waals surface area contributed by atoms with Crippen molar-refractivity contribution in [1.29, 1.82) is 0 Å². The lowest BCUT2D eigenvalue weighted by atomic mass is 10.1. The van der Waals surface area contributed by atoms with E-state index in [1.54, 1.807) is 20.2 Å². The molecule has 25 heavy (non-hydrogen) atoms. The van der Waals surface area contributed by atoms with Gasteiger partial charge >= 0.3 is 0 Å². The first-order chi connectivity index (χ1) is 12.0. The molecular weight excluding hydrogens is 322 g/mol. The smallest absolute Gasteiger partial charge is 0.289 e.